The summed E-state index contributed by atoms with van der Waals surface area (Å²) < 4.78 is 0. The highest BCUT2D eigenvalue weighted by Crippen LogP contribution is 2.29. The summed E-state index contributed by atoms with van der Waals surface area (Å²) in [6.45, 7) is 1.52. The molecule has 1 aromatic carbocycles. The predicted molar refractivity (Wildman–Crippen MR) is 86.1 cm³/mol. The second-order valence-corrected chi connectivity index (χ2v) is 5.75. The van der Waals surface area contributed by atoms with Gasteiger partial charge in [0.25, 0.3) is 5.91 Å². The van der Waals surface area contributed by atoms with Crippen LogP contribution in [0.5, 0.6) is 0 Å². The fraction of sp³-hybridized carbons (Fsp3) is 0.278. The number of aliphatic carboxylic acids is 1. The molecule has 5 nitrogen and oxygen atoms in total. The van der Waals surface area contributed by atoms with E-state index in [2.05, 4.69) is 4.98 Å². The molecule has 23 heavy (non-hydrogen) atoms. The van der Waals surface area contributed by atoms with Gasteiger partial charge in [0.15, 0.2) is 0 Å². The lowest BCUT2D eigenvalue weighted by molar-refractivity contribution is -0.137. The average Bonchev–Trinajstić information content (AvgIpc) is 3.37. The van der Waals surface area contributed by atoms with Crippen molar-refractivity contribution in [2.75, 3.05) is 6.54 Å². The van der Waals surface area contributed by atoms with Crippen molar-refractivity contribution in [3.8, 4) is 11.3 Å². The number of benzene rings is 1. The number of hydrogen-bond acceptors (Lipinski definition) is 3. The molecule has 1 fully saturated rings. The van der Waals surface area contributed by atoms with Gasteiger partial charge in [-0.3, -0.25) is 14.6 Å². The lowest BCUT2D eigenvalue weighted by Crippen LogP contribution is -2.37. The molecule has 0 atom stereocenters. The first-order valence-corrected chi connectivity index (χ1v) is 7.62. The number of carbonyl (C=O) groups excluding carboxylic acids is 1. The first-order valence-electron chi connectivity index (χ1n) is 7.62. The van der Waals surface area contributed by atoms with Gasteiger partial charge < -0.3 is 10.0 Å². The van der Waals surface area contributed by atoms with E-state index in [9.17, 15) is 9.59 Å². The monoisotopic (exact) mass is 310 g/mol. The molecular weight excluding hydrogens is 292 g/mol. The summed E-state index contributed by atoms with van der Waals surface area (Å²) in [5.41, 5.74) is 2.88. The van der Waals surface area contributed by atoms with Crippen molar-refractivity contribution >= 4 is 11.9 Å². The summed E-state index contributed by atoms with van der Waals surface area (Å²) in [6.07, 6.45) is 1.74. The zero-order valence-corrected chi connectivity index (χ0v) is 12.9. The first-order chi connectivity index (χ1) is 11.1. The van der Waals surface area contributed by atoms with Gasteiger partial charge in [-0.1, -0.05) is 30.3 Å². The maximum atomic E-state index is 12.7. The van der Waals surface area contributed by atoms with Crippen molar-refractivity contribution in [1.82, 2.24) is 9.88 Å². The van der Waals surface area contributed by atoms with E-state index >= 15 is 0 Å². The number of rotatable bonds is 5. The Morgan fingerprint density at radius 1 is 1.17 bits per heavy atom. The standard InChI is InChI=1S/C18H18N2O3/c1-12-15(18(23)20(11-17(21)22)14-7-8-14)9-10-16(19-12)13-5-3-2-4-6-13/h2-6,9-10,14H,7-8,11H2,1H3,(H,21,22). The van der Waals surface area contributed by atoms with Crippen LogP contribution in [0.25, 0.3) is 11.3 Å². The minimum absolute atomic E-state index is 0.0480. The molecule has 1 amide bonds. The van der Waals surface area contributed by atoms with Gasteiger partial charge in [-0.15, -0.1) is 0 Å². The number of carbonyl (C=O) groups is 2. The van der Waals surface area contributed by atoms with Crippen LogP contribution in [0.2, 0.25) is 0 Å². The Bertz CT molecular complexity index is 739. The van der Waals surface area contributed by atoms with Crippen LogP contribution < -0.4 is 0 Å². The highest BCUT2D eigenvalue weighted by atomic mass is 16.4. The molecule has 5 heteroatoms. The molecule has 3 rings (SSSR count). The number of aromatic nitrogens is 1. The van der Waals surface area contributed by atoms with Crippen LogP contribution in [0.3, 0.4) is 0 Å². The number of nitrogens with zero attached hydrogens (tertiary/aromatic N) is 2. The highest BCUT2D eigenvalue weighted by Gasteiger charge is 2.34. The van der Waals surface area contributed by atoms with Gasteiger partial charge in [0.1, 0.15) is 6.54 Å². The van der Waals surface area contributed by atoms with Crippen LogP contribution in [-0.4, -0.2) is 39.5 Å². The van der Waals surface area contributed by atoms with Gasteiger partial charge in [0.05, 0.1) is 17.0 Å². The molecule has 1 aromatic heterocycles. The molecule has 0 radical (unpaired) electrons. The Labute approximate surface area is 134 Å². The van der Waals surface area contributed by atoms with E-state index in [-0.39, 0.29) is 18.5 Å². The van der Waals surface area contributed by atoms with Crippen LogP contribution in [0.15, 0.2) is 42.5 Å². The smallest absolute Gasteiger partial charge is 0.323 e. The number of hydrogen-bond donors (Lipinski definition) is 1. The van der Waals surface area contributed by atoms with Crippen molar-refractivity contribution in [1.29, 1.82) is 0 Å². The van der Waals surface area contributed by atoms with Crippen molar-refractivity contribution in [2.45, 2.75) is 25.8 Å². The summed E-state index contributed by atoms with van der Waals surface area (Å²) in [4.78, 5) is 29.6. The topological polar surface area (TPSA) is 70.5 Å². The maximum Gasteiger partial charge on any atom is 0.323 e. The number of pyridine rings is 1. The molecule has 0 unspecified atom stereocenters. The van der Waals surface area contributed by atoms with Crippen LogP contribution in [0.4, 0.5) is 0 Å². The van der Waals surface area contributed by atoms with E-state index in [1.54, 1.807) is 19.1 Å². The Morgan fingerprint density at radius 3 is 2.43 bits per heavy atom. The molecule has 1 aliphatic carbocycles. The van der Waals surface area contributed by atoms with Gasteiger partial charge in [0.2, 0.25) is 0 Å². The second-order valence-electron chi connectivity index (χ2n) is 5.75. The Kier molecular flexibility index (Phi) is 4.10. The van der Waals surface area contributed by atoms with Gasteiger partial charge >= 0.3 is 5.97 Å². The fourth-order valence-corrected chi connectivity index (χ4v) is 2.61. The van der Waals surface area contributed by atoms with E-state index in [1.165, 1.54) is 4.90 Å². The van der Waals surface area contributed by atoms with Crippen molar-refractivity contribution in [2.24, 2.45) is 0 Å². The van der Waals surface area contributed by atoms with Crippen LogP contribution in [-0.2, 0) is 4.79 Å². The number of aryl methyl sites for hydroxylation is 1. The predicted octanol–water partition coefficient (Wildman–Crippen LogP) is 2.75. The molecule has 0 bridgehead atoms. The van der Waals surface area contributed by atoms with Gasteiger partial charge in [-0.05, 0) is 31.9 Å². The molecule has 0 aliphatic heterocycles. The highest BCUT2D eigenvalue weighted by molar-refractivity contribution is 5.97. The average molecular weight is 310 g/mol. The third-order valence-electron chi connectivity index (χ3n) is 3.94. The summed E-state index contributed by atoms with van der Waals surface area (Å²) in [7, 11) is 0. The molecule has 2 aromatic rings. The Morgan fingerprint density at radius 2 is 1.87 bits per heavy atom. The minimum atomic E-state index is -0.989. The molecule has 1 heterocycles. The third-order valence-corrected chi connectivity index (χ3v) is 3.94. The summed E-state index contributed by atoms with van der Waals surface area (Å²) >= 11 is 0. The van der Waals surface area contributed by atoms with Crippen LogP contribution in [0.1, 0.15) is 28.9 Å². The van der Waals surface area contributed by atoms with Gasteiger partial charge in [-0.2, -0.15) is 0 Å². The van der Waals surface area contributed by atoms with E-state index in [0.717, 1.165) is 24.1 Å². The minimum Gasteiger partial charge on any atom is -0.480 e. The van der Waals surface area contributed by atoms with Gasteiger partial charge in [0, 0.05) is 11.6 Å². The Balaban J connectivity index is 1.88. The van der Waals surface area contributed by atoms with Crippen molar-refractivity contribution < 1.29 is 14.7 Å². The van der Waals surface area contributed by atoms with E-state index in [0.29, 0.717) is 11.3 Å². The first kappa shape index (κ1) is 15.2. The van der Waals surface area contributed by atoms with E-state index in [4.69, 9.17) is 5.11 Å². The van der Waals surface area contributed by atoms with Crippen LogP contribution in [0, 0.1) is 6.92 Å². The number of carboxylic acid groups (broad SMARTS) is 1. The van der Waals surface area contributed by atoms with Crippen molar-refractivity contribution in [3.63, 3.8) is 0 Å². The zero-order chi connectivity index (χ0) is 16.4. The van der Waals surface area contributed by atoms with Gasteiger partial charge in [-0.25, -0.2) is 0 Å². The maximum absolute atomic E-state index is 12.7. The third kappa shape index (κ3) is 3.39. The van der Waals surface area contributed by atoms with E-state index < -0.39 is 5.97 Å². The molecule has 0 saturated heterocycles. The van der Waals surface area contributed by atoms with Crippen molar-refractivity contribution in [3.05, 3.63) is 53.7 Å². The number of carboxylic acids is 1. The van der Waals surface area contributed by atoms with Crippen LogP contribution >= 0.6 is 0 Å². The lowest BCUT2D eigenvalue weighted by Gasteiger charge is -2.21. The second kappa shape index (κ2) is 6.20. The normalized spacial score (nSPS) is 13.6. The molecule has 0 spiro atoms. The molecular formula is C18H18N2O3. The summed E-state index contributed by atoms with van der Waals surface area (Å²) in [5.74, 6) is -1.24. The lowest BCUT2D eigenvalue weighted by atomic mass is 10.1. The fourth-order valence-electron chi connectivity index (χ4n) is 2.61. The molecule has 1 aliphatic rings. The quantitative estimate of drug-likeness (QED) is 0.922. The zero-order valence-electron chi connectivity index (χ0n) is 12.9. The Hall–Kier alpha value is -2.69. The molecule has 1 N–H and O–H groups in total. The largest absolute Gasteiger partial charge is 0.480 e. The molecule has 1 saturated carbocycles. The summed E-state index contributed by atoms with van der Waals surface area (Å²) in [5, 5.41) is 9.01. The summed E-state index contributed by atoms with van der Waals surface area (Å²) in [6, 6.07) is 13.3. The molecule has 118 valence electrons. The van der Waals surface area contributed by atoms with E-state index in [1.807, 2.05) is 30.3 Å². The number of amides is 1. The SMILES string of the molecule is Cc1nc(-c2ccccc2)ccc1C(=O)N(CC(=O)O)C1CC1.